The number of aromatic nitrogens is 2. The average molecular weight is 491 g/mol. The number of carbonyl (C=O) groups excluding carboxylic acids is 1. The highest BCUT2D eigenvalue weighted by Gasteiger charge is 2.33. The van der Waals surface area contributed by atoms with Crippen molar-refractivity contribution in [3.63, 3.8) is 0 Å². The van der Waals surface area contributed by atoms with Gasteiger partial charge in [-0.2, -0.15) is 9.29 Å². The highest BCUT2D eigenvalue weighted by Crippen LogP contribution is 2.32. The monoisotopic (exact) mass is 490 g/mol. The summed E-state index contributed by atoms with van der Waals surface area (Å²) < 4.78 is 38.2. The Balaban J connectivity index is 1.46. The van der Waals surface area contributed by atoms with E-state index in [1.54, 1.807) is 31.2 Å². The minimum absolute atomic E-state index is 0.0268. The molecule has 2 aromatic carbocycles. The molecule has 2 heterocycles. The van der Waals surface area contributed by atoms with Crippen LogP contribution in [0.25, 0.3) is 11.4 Å². The molecule has 4 rings (SSSR count). The van der Waals surface area contributed by atoms with Gasteiger partial charge in [0.15, 0.2) is 0 Å². The van der Waals surface area contributed by atoms with Crippen LogP contribution in [0.4, 0.5) is 5.69 Å². The van der Waals surface area contributed by atoms with Gasteiger partial charge in [0.2, 0.25) is 27.6 Å². The van der Waals surface area contributed by atoms with Crippen LogP contribution in [0.15, 0.2) is 51.9 Å². The van der Waals surface area contributed by atoms with Gasteiger partial charge in [-0.3, -0.25) is 4.79 Å². The Morgan fingerprint density at radius 2 is 1.94 bits per heavy atom. The van der Waals surface area contributed by atoms with Crippen molar-refractivity contribution >= 4 is 33.2 Å². The quantitative estimate of drug-likeness (QED) is 0.559. The first-order chi connectivity index (χ1) is 15.8. The lowest BCUT2D eigenvalue weighted by atomic mass is 9.97. The Labute approximate surface area is 196 Å². The molecule has 0 saturated carbocycles. The minimum Gasteiger partial charge on any atom is -0.495 e. The zero-order valence-corrected chi connectivity index (χ0v) is 19.7. The van der Waals surface area contributed by atoms with Crippen molar-refractivity contribution < 1.29 is 22.5 Å². The van der Waals surface area contributed by atoms with E-state index in [2.05, 4.69) is 15.5 Å². The van der Waals surface area contributed by atoms with E-state index in [4.69, 9.17) is 20.9 Å². The number of amides is 1. The zero-order chi connectivity index (χ0) is 23.6. The number of sulfonamides is 1. The maximum absolute atomic E-state index is 13.3. The first-order valence-corrected chi connectivity index (χ1v) is 12.2. The fourth-order valence-corrected chi connectivity index (χ4v) is 5.71. The summed E-state index contributed by atoms with van der Waals surface area (Å²) in [5.41, 5.74) is 1.07. The molecule has 0 atom stereocenters. The number of anilines is 1. The van der Waals surface area contributed by atoms with E-state index in [0.717, 1.165) is 0 Å². The van der Waals surface area contributed by atoms with E-state index in [1.165, 1.54) is 23.5 Å². The van der Waals surface area contributed by atoms with Crippen LogP contribution >= 0.6 is 11.6 Å². The smallest absolute Gasteiger partial charge is 0.244 e. The largest absolute Gasteiger partial charge is 0.495 e. The first-order valence-electron chi connectivity index (χ1n) is 10.3. The lowest BCUT2D eigenvalue weighted by molar-refractivity contribution is -0.120. The van der Waals surface area contributed by atoms with Crippen LogP contribution in [-0.4, -0.2) is 49.0 Å². The second kappa shape index (κ2) is 9.50. The number of para-hydroxylation sites is 2. The van der Waals surface area contributed by atoms with Crippen LogP contribution in [0.5, 0.6) is 5.75 Å². The third-order valence-electron chi connectivity index (χ3n) is 5.52. The molecule has 3 aromatic rings. The Kier molecular flexibility index (Phi) is 6.68. The molecule has 1 aliphatic heterocycles. The molecule has 1 aliphatic rings. The van der Waals surface area contributed by atoms with E-state index in [1.807, 2.05) is 6.07 Å². The maximum Gasteiger partial charge on any atom is 0.244 e. The van der Waals surface area contributed by atoms with Gasteiger partial charge >= 0.3 is 0 Å². The molecule has 0 unspecified atom stereocenters. The number of hydrogen-bond acceptors (Lipinski definition) is 7. The predicted molar refractivity (Wildman–Crippen MR) is 123 cm³/mol. The van der Waals surface area contributed by atoms with Gasteiger partial charge in [-0.1, -0.05) is 28.9 Å². The molecule has 11 heteroatoms. The lowest BCUT2D eigenvalue weighted by Gasteiger charge is -2.31. The maximum atomic E-state index is 13.3. The van der Waals surface area contributed by atoms with Gasteiger partial charge in [0.05, 0.1) is 17.8 Å². The third-order valence-corrected chi connectivity index (χ3v) is 7.90. The molecule has 1 N–H and O–H groups in total. The summed E-state index contributed by atoms with van der Waals surface area (Å²) in [7, 11) is -2.34. The van der Waals surface area contributed by atoms with Gasteiger partial charge in [-0.15, -0.1) is 0 Å². The fourth-order valence-electron chi connectivity index (χ4n) is 3.74. The van der Waals surface area contributed by atoms with Crippen molar-refractivity contribution in [2.24, 2.45) is 5.92 Å². The Morgan fingerprint density at radius 1 is 1.21 bits per heavy atom. The van der Waals surface area contributed by atoms with Crippen LogP contribution in [0.3, 0.4) is 0 Å². The molecule has 0 aliphatic carbocycles. The second-order valence-electron chi connectivity index (χ2n) is 7.65. The number of nitrogens with zero attached hydrogens (tertiary/aromatic N) is 3. The van der Waals surface area contributed by atoms with Crippen molar-refractivity contribution in [2.75, 3.05) is 25.5 Å². The number of methoxy groups -OCH3 is 1. The molecule has 0 spiro atoms. The number of halogens is 1. The van der Waals surface area contributed by atoms with E-state index >= 15 is 0 Å². The van der Waals surface area contributed by atoms with Gasteiger partial charge in [0, 0.05) is 31.5 Å². The van der Waals surface area contributed by atoms with Crippen LogP contribution in [0, 0.1) is 12.8 Å². The number of ether oxygens (including phenoxy) is 1. The number of piperidine rings is 1. The second-order valence-corrected chi connectivity index (χ2v) is 9.96. The molecule has 33 heavy (non-hydrogen) atoms. The lowest BCUT2D eigenvalue weighted by Crippen LogP contribution is -2.41. The van der Waals surface area contributed by atoms with Crippen LogP contribution < -0.4 is 10.1 Å². The standard InChI is InChI=1S/C22H23ClN4O5S/c1-14-24-21(26-32-14)16-7-8-17(23)20(13-16)33(29,30)27-11-9-15(10-12-27)22(28)25-18-5-3-4-6-19(18)31-2/h3-8,13,15H,9-12H2,1-2H3,(H,25,28). The number of rotatable bonds is 6. The molecule has 0 radical (unpaired) electrons. The van der Waals surface area contributed by atoms with Crippen molar-refractivity contribution in [1.82, 2.24) is 14.4 Å². The van der Waals surface area contributed by atoms with E-state index in [0.29, 0.717) is 35.7 Å². The summed E-state index contributed by atoms with van der Waals surface area (Å²) >= 11 is 6.24. The molecular weight excluding hydrogens is 468 g/mol. The van der Waals surface area contributed by atoms with E-state index in [9.17, 15) is 13.2 Å². The van der Waals surface area contributed by atoms with E-state index in [-0.39, 0.29) is 40.7 Å². The Bertz CT molecular complexity index is 1270. The van der Waals surface area contributed by atoms with Crippen LogP contribution in [0.2, 0.25) is 5.02 Å². The SMILES string of the molecule is COc1ccccc1NC(=O)C1CCN(S(=O)(=O)c2cc(-c3noc(C)n3)ccc2Cl)CC1. The summed E-state index contributed by atoms with van der Waals surface area (Å²) in [6, 6.07) is 11.7. The van der Waals surface area contributed by atoms with Gasteiger partial charge in [-0.25, -0.2) is 8.42 Å². The number of benzene rings is 2. The van der Waals surface area contributed by atoms with Crippen molar-refractivity contribution in [1.29, 1.82) is 0 Å². The number of hydrogen-bond donors (Lipinski definition) is 1. The van der Waals surface area contributed by atoms with Crippen LogP contribution in [0.1, 0.15) is 18.7 Å². The molecular formula is C22H23ClN4O5S. The highest BCUT2D eigenvalue weighted by molar-refractivity contribution is 7.89. The van der Waals surface area contributed by atoms with Crippen LogP contribution in [-0.2, 0) is 14.8 Å². The Morgan fingerprint density at radius 3 is 2.61 bits per heavy atom. The van der Waals surface area contributed by atoms with Crippen molar-refractivity contribution in [3.05, 3.63) is 53.4 Å². The van der Waals surface area contributed by atoms with Crippen molar-refractivity contribution in [2.45, 2.75) is 24.7 Å². The molecule has 9 nitrogen and oxygen atoms in total. The minimum atomic E-state index is -3.87. The number of aryl methyl sites for hydroxylation is 1. The normalized spacial score (nSPS) is 15.4. The fraction of sp³-hybridized carbons (Fsp3) is 0.318. The molecule has 1 fully saturated rings. The van der Waals surface area contributed by atoms with Gasteiger partial charge in [0.1, 0.15) is 10.6 Å². The molecule has 1 aromatic heterocycles. The predicted octanol–water partition coefficient (Wildman–Crippen LogP) is 3.75. The van der Waals surface area contributed by atoms with Crippen molar-refractivity contribution in [3.8, 4) is 17.1 Å². The Hall–Kier alpha value is -2.95. The van der Waals surface area contributed by atoms with E-state index < -0.39 is 10.0 Å². The molecule has 1 saturated heterocycles. The summed E-state index contributed by atoms with van der Waals surface area (Å²) in [6.45, 7) is 2.06. The molecule has 174 valence electrons. The number of carbonyl (C=O) groups is 1. The summed E-state index contributed by atoms with van der Waals surface area (Å²) in [6.07, 6.45) is 0.781. The molecule has 1 amide bonds. The van der Waals surface area contributed by atoms with Gasteiger partial charge in [-0.05, 0) is 43.2 Å². The summed E-state index contributed by atoms with van der Waals surface area (Å²) in [5.74, 6) is 0.747. The zero-order valence-electron chi connectivity index (χ0n) is 18.1. The molecule has 0 bridgehead atoms. The summed E-state index contributed by atoms with van der Waals surface area (Å²) in [5, 5.41) is 6.82. The first kappa shape index (κ1) is 23.2. The van der Waals surface area contributed by atoms with Gasteiger partial charge in [0.25, 0.3) is 0 Å². The van der Waals surface area contributed by atoms with Gasteiger partial charge < -0.3 is 14.6 Å². The highest BCUT2D eigenvalue weighted by atomic mass is 35.5. The number of nitrogens with one attached hydrogen (secondary N) is 1. The third kappa shape index (κ3) is 4.87. The summed E-state index contributed by atoms with van der Waals surface area (Å²) in [4.78, 5) is 16.9. The average Bonchev–Trinajstić information content (AvgIpc) is 3.26. The topological polar surface area (TPSA) is 115 Å².